The molecule has 2 heterocycles. The van der Waals surface area contributed by atoms with E-state index in [-0.39, 0.29) is 11.9 Å². The lowest BCUT2D eigenvalue weighted by atomic mass is 10.2. The number of likely N-dealkylation sites (N-methyl/N-ethyl adjacent to an activating group) is 1. The van der Waals surface area contributed by atoms with E-state index in [2.05, 4.69) is 26.7 Å². The molecule has 1 N–H and O–H groups in total. The van der Waals surface area contributed by atoms with Crippen molar-refractivity contribution < 1.29 is 17.2 Å². The van der Waals surface area contributed by atoms with E-state index in [1.807, 2.05) is 18.2 Å². The predicted molar refractivity (Wildman–Crippen MR) is 118 cm³/mol. The summed E-state index contributed by atoms with van der Waals surface area (Å²) in [4.78, 5) is 6.89. The Morgan fingerprint density at radius 1 is 1.23 bits per heavy atom. The summed E-state index contributed by atoms with van der Waals surface area (Å²) < 4.78 is 56.5. The molecule has 1 saturated heterocycles. The molecule has 6 nitrogen and oxygen atoms in total. The Morgan fingerprint density at radius 3 is 2.58 bits per heavy atom. The fraction of sp³-hybridized carbons (Fsp3) is 0.286. The molecule has 1 aromatic heterocycles. The minimum Gasteiger partial charge on any atom is -0.370 e. The smallest absolute Gasteiger partial charge is 0.268 e. The molecule has 0 saturated carbocycles. The van der Waals surface area contributed by atoms with Gasteiger partial charge in [-0.05, 0) is 24.1 Å². The van der Waals surface area contributed by atoms with Crippen molar-refractivity contribution in [1.29, 1.82) is 0 Å². The van der Waals surface area contributed by atoms with Gasteiger partial charge in [0.1, 0.15) is 11.6 Å². The van der Waals surface area contributed by atoms with E-state index in [9.17, 15) is 17.2 Å². The van der Waals surface area contributed by atoms with Gasteiger partial charge in [0.15, 0.2) is 10.7 Å². The zero-order valence-electron chi connectivity index (χ0n) is 16.8. The number of aromatic nitrogens is 1. The lowest BCUT2D eigenvalue weighted by Crippen LogP contribution is -2.34. The third-order valence-corrected chi connectivity index (χ3v) is 7.37. The van der Waals surface area contributed by atoms with Crippen molar-refractivity contribution in [3.8, 4) is 0 Å². The number of benzene rings is 2. The summed E-state index contributed by atoms with van der Waals surface area (Å²) in [5, 5.41) is 1.44. The highest BCUT2D eigenvalue weighted by Gasteiger charge is 2.30. The number of hydrogen-bond acceptors (Lipinski definition) is 6. The molecule has 0 aliphatic carbocycles. The molecule has 0 amide bonds. The Kier molecular flexibility index (Phi) is 6.22. The van der Waals surface area contributed by atoms with Crippen LogP contribution in [0.4, 0.5) is 20.3 Å². The SMILES string of the molecule is CN(c1cc(F)c(S(=O)(=O)Nc2cscn2)c(F)c1)[C@H]1CCN(Cc2ccccc2)C1. The zero-order valence-corrected chi connectivity index (χ0v) is 18.5. The summed E-state index contributed by atoms with van der Waals surface area (Å²) in [7, 11) is -2.66. The second-order valence-corrected chi connectivity index (χ2v) is 9.83. The first-order valence-electron chi connectivity index (χ1n) is 9.72. The maximum atomic E-state index is 14.7. The molecule has 2 aromatic carbocycles. The number of rotatable bonds is 7. The summed E-state index contributed by atoms with van der Waals surface area (Å²) in [6, 6.07) is 12.3. The summed E-state index contributed by atoms with van der Waals surface area (Å²) >= 11 is 1.17. The van der Waals surface area contributed by atoms with E-state index in [1.165, 1.54) is 27.8 Å². The number of nitrogens with zero attached hydrogens (tertiary/aromatic N) is 3. The Balaban J connectivity index is 1.49. The number of nitrogens with one attached hydrogen (secondary N) is 1. The highest BCUT2D eigenvalue weighted by molar-refractivity contribution is 7.92. The molecule has 31 heavy (non-hydrogen) atoms. The third-order valence-electron chi connectivity index (χ3n) is 5.37. The van der Waals surface area contributed by atoms with Gasteiger partial charge in [0.2, 0.25) is 0 Å². The number of thiazole rings is 1. The molecular weight excluding hydrogens is 442 g/mol. The molecule has 1 aliphatic rings. The van der Waals surface area contributed by atoms with Crippen LogP contribution in [0, 0.1) is 11.6 Å². The Morgan fingerprint density at radius 2 is 1.94 bits per heavy atom. The molecule has 0 spiro atoms. The van der Waals surface area contributed by atoms with Crippen LogP contribution in [-0.2, 0) is 16.6 Å². The van der Waals surface area contributed by atoms with Crippen LogP contribution >= 0.6 is 11.3 Å². The lowest BCUT2D eigenvalue weighted by Gasteiger charge is -2.27. The Labute approximate surface area is 184 Å². The van der Waals surface area contributed by atoms with Gasteiger partial charge >= 0.3 is 0 Å². The molecule has 0 bridgehead atoms. The van der Waals surface area contributed by atoms with E-state index in [0.29, 0.717) is 5.69 Å². The molecule has 10 heteroatoms. The number of likely N-dealkylation sites (tertiary alicyclic amines) is 1. The van der Waals surface area contributed by atoms with Gasteiger partial charge in [0.05, 0.1) is 5.51 Å². The topological polar surface area (TPSA) is 65.5 Å². The van der Waals surface area contributed by atoms with Gasteiger partial charge in [-0.25, -0.2) is 22.2 Å². The van der Waals surface area contributed by atoms with Gasteiger partial charge in [0, 0.05) is 43.8 Å². The normalized spacial score (nSPS) is 17.1. The van der Waals surface area contributed by atoms with Crippen molar-refractivity contribution in [2.75, 3.05) is 29.8 Å². The fourth-order valence-electron chi connectivity index (χ4n) is 3.78. The van der Waals surface area contributed by atoms with E-state index < -0.39 is 26.6 Å². The summed E-state index contributed by atoms with van der Waals surface area (Å²) in [6.07, 6.45) is 0.845. The van der Waals surface area contributed by atoms with Crippen molar-refractivity contribution in [1.82, 2.24) is 9.88 Å². The van der Waals surface area contributed by atoms with Crippen molar-refractivity contribution in [2.24, 2.45) is 0 Å². The minimum absolute atomic E-state index is 0.0226. The average molecular weight is 465 g/mol. The Bertz CT molecular complexity index is 1120. The van der Waals surface area contributed by atoms with Crippen LogP contribution in [0.1, 0.15) is 12.0 Å². The average Bonchev–Trinajstić information content (AvgIpc) is 3.39. The molecule has 1 fully saturated rings. The number of hydrogen-bond donors (Lipinski definition) is 1. The zero-order chi connectivity index (χ0) is 22.0. The van der Waals surface area contributed by atoms with Gasteiger partial charge < -0.3 is 4.90 Å². The maximum Gasteiger partial charge on any atom is 0.268 e. The predicted octanol–water partition coefficient (Wildman–Crippen LogP) is 3.93. The maximum absolute atomic E-state index is 14.7. The first kappa shape index (κ1) is 21.7. The number of halogens is 2. The number of anilines is 2. The van der Waals surface area contributed by atoms with Crippen molar-refractivity contribution in [2.45, 2.75) is 23.9 Å². The van der Waals surface area contributed by atoms with E-state index >= 15 is 0 Å². The first-order chi connectivity index (χ1) is 14.8. The second kappa shape index (κ2) is 8.89. The fourth-order valence-corrected chi connectivity index (χ4v) is 5.46. The lowest BCUT2D eigenvalue weighted by molar-refractivity contribution is 0.326. The van der Waals surface area contributed by atoms with Gasteiger partial charge in [-0.2, -0.15) is 0 Å². The van der Waals surface area contributed by atoms with Gasteiger partial charge in [-0.1, -0.05) is 30.3 Å². The highest BCUT2D eigenvalue weighted by atomic mass is 32.2. The molecule has 164 valence electrons. The summed E-state index contributed by atoms with van der Waals surface area (Å²) in [6.45, 7) is 2.44. The summed E-state index contributed by atoms with van der Waals surface area (Å²) in [5.41, 5.74) is 2.94. The quantitative estimate of drug-likeness (QED) is 0.574. The summed E-state index contributed by atoms with van der Waals surface area (Å²) in [5.74, 6) is -2.25. The highest BCUT2D eigenvalue weighted by Crippen LogP contribution is 2.29. The van der Waals surface area contributed by atoms with E-state index in [1.54, 1.807) is 11.9 Å². The van der Waals surface area contributed by atoms with Gasteiger partial charge in [-0.3, -0.25) is 9.62 Å². The first-order valence-corrected chi connectivity index (χ1v) is 12.2. The molecule has 0 unspecified atom stereocenters. The van der Waals surface area contributed by atoms with Crippen molar-refractivity contribution in [3.63, 3.8) is 0 Å². The van der Waals surface area contributed by atoms with Crippen molar-refractivity contribution in [3.05, 3.63) is 70.6 Å². The molecule has 4 rings (SSSR count). The van der Waals surface area contributed by atoms with Crippen LogP contribution in [0.5, 0.6) is 0 Å². The second-order valence-electron chi connectivity index (χ2n) is 7.49. The van der Waals surface area contributed by atoms with Gasteiger partial charge in [0.25, 0.3) is 10.0 Å². The molecule has 0 radical (unpaired) electrons. The van der Waals surface area contributed by atoms with Crippen LogP contribution in [-0.4, -0.2) is 44.5 Å². The standard InChI is InChI=1S/C21H22F2N4O2S2/c1-26(16-7-8-27(12-16)11-15-5-3-2-4-6-15)17-9-18(22)21(19(23)10-17)31(28,29)25-20-13-30-14-24-20/h2-6,9-10,13-14,16,25H,7-8,11-12H2,1H3/t16-/m0/s1. The monoisotopic (exact) mass is 464 g/mol. The molecular formula is C21H22F2N4O2S2. The van der Waals surface area contributed by atoms with Gasteiger partial charge in [-0.15, -0.1) is 11.3 Å². The van der Waals surface area contributed by atoms with Crippen LogP contribution in [0.2, 0.25) is 0 Å². The molecule has 1 atom stereocenters. The van der Waals surface area contributed by atoms with E-state index in [0.717, 1.165) is 38.2 Å². The van der Waals surface area contributed by atoms with Crippen LogP contribution in [0.3, 0.4) is 0 Å². The largest absolute Gasteiger partial charge is 0.370 e. The Hall–Kier alpha value is -2.56. The number of sulfonamides is 1. The van der Waals surface area contributed by atoms with Crippen LogP contribution in [0.25, 0.3) is 0 Å². The third kappa shape index (κ3) is 4.86. The van der Waals surface area contributed by atoms with Crippen molar-refractivity contribution >= 4 is 32.9 Å². The minimum atomic E-state index is -4.43. The van der Waals surface area contributed by atoms with E-state index in [4.69, 9.17) is 0 Å². The van der Waals surface area contributed by atoms with Crippen LogP contribution in [0.15, 0.2) is 58.3 Å². The molecule has 1 aliphatic heterocycles. The molecule has 3 aromatic rings. The van der Waals surface area contributed by atoms with Crippen LogP contribution < -0.4 is 9.62 Å².